The molecule has 1 aromatic heterocycles. The van der Waals surface area contributed by atoms with Gasteiger partial charge in [-0.1, -0.05) is 29.3 Å². The average molecular weight is 297 g/mol. The largest absolute Gasteiger partial charge is 0.271 e. The second kappa shape index (κ2) is 6.30. The van der Waals surface area contributed by atoms with E-state index in [2.05, 4.69) is 15.4 Å². The number of benzene rings is 1. The highest BCUT2D eigenvalue weighted by atomic mass is 35.5. The highest BCUT2D eigenvalue weighted by molar-refractivity contribution is 6.36. The molecule has 1 aromatic carbocycles. The Morgan fingerprint density at radius 2 is 1.89 bits per heavy atom. The number of hydrazine groups is 1. The summed E-state index contributed by atoms with van der Waals surface area (Å²) >= 11 is 12.3. The van der Waals surface area contributed by atoms with Gasteiger partial charge in [0.15, 0.2) is 0 Å². The van der Waals surface area contributed by atoms with Crippen LogP contribution in [0.2, 0.25) is 10.0 Å². The van der Waals surface area contributed by atoms with Gasteiger partial charge in [-0.25, -0.2) is 0 Å². The van der Waals surface area contributed by atoms with Crippen molar-refractivity contribution in [3.8, 4) is 0 Å². The van der Waals surface area contributed by atoms with Crippen LogP contribution in [0.5, 0.6) is 0 Å². The summed E-state index contributed by atoms with van der Waals surface area (Å²) in [4.78, 5) is 8.52. The molecule has 0 aliphatic rings. The molecule has 0 fully saturated rings. The predicted octanol–water partition coefficient (Wildman–Crippen LogP) is 2.84. The van der Waals surface area contributed by atoms with Gasteiger partial charge in [-0.05, 0) is 31.0 Å². The van der Waals surface area contributed by atoms with Crippen LogP contribution >= 0.6 is 23.2 Å². The number of nitrogens with one attached hydrogen (secondary N) is 1. The Bertz CT molecular complexity index is 537. The first kappa shape index (κ1) is 14.2. The highest BCUT2D eigenvalue weighted by Gasteiger charge is 2.16. The molecule has 2 aromatic rings. The fraction of sp³-hybridized carbons (Fsp3) is 0.231. The van der Waals surface area contributed by atoms with Crippen molar-refractivity contribution < 1.29 is 0 Å². The first-order valence-electron chi connectivity index (χ1n) is 5.79. The van der Waals surface area contributed by atoms with Crippen molar-refractivity contribution in [1.29, 1.82) is 0 Å². The zero-order chi connectivity index (χ0) is 13.8. The lowest BCUT2D eigenvalue weighted by Crippen LogP contribution is -2.30. The molecule has 1 atom stereocenters. The molecule has 0 aliphatic heterocycles. The lowest BCUT2D eigenvalue weighted by Gasteiger charge is -2.16. The van der Waals surface area contributed by atoms with E-state index in [1.807, 2.05) is 13.0 Å². The first-order valence-corrected chi connectivity index (χ1v) is 6.55. The monoisotopic (exact) mass is 296 g/mol. The minimum atomic E-state index is -0.189. The van der Waals surface area contributed by atoms with E-state index in [9.17, 15) is 0 Å². The molecule has 0 bridgehead atoms. The van der Waals surface area contributed by atoms with Crippen LogP contribution in [0.4, 0.5) is 0 Å². The van der Waals surface area contributed by atoms with Gasteiger partial charge in [0.2, 0.25) is 0 Å². The van der Waals surface area contributed by atoms with Gasteiger partial charge in [0, 0.05) is 16.2 Å². The third-order valence-electron chi connectivity index (χ3n) is 2.83. The molecule has 100 valence electrons. The highest BCUT2D eigenvalue weighted by Crippen LogP contribution is 2.28. The number of halogens is 2. The van der Waals surface area contributed by atoms with Crippen LogP contribution in [0.25, 0.3) is 0 Å². The van der Waals surface area contributed by atoms with Crippen LogP contribution in [0.15, 0.2) is 30.6 Å². The van der Waals surface area contributed by atoms with Crippen LogP contribution in [-0.2, 0) is 6.42 Å². The summed E-state index contributed by atoms with van der Waals surface area (Å²) in [5, 5.41) is 1.24. The number of rotatable bonds is 4. The fourth-order valence-corrected chi connectivity index (χ4v) is 2.31. The summed E-state index contributed by atoms with van der Waals surface area (Å²) in [5.41, 5.74) is 5.18. The Morgan fingerprint density at radius 3 is 2.42 bits per heavy atom. The van der Waals surface area contributed by atoms with E-state index in [1.165, 1.54) is 0 Å². The maximum Gasteiger partial charge on any atom is 0.0773 e. The van der Waals surface area contributed by atoms with Crippen LogP contribution in [-0.4, -0.2) is 9.97 Å². The lowest BCUT2D eigenvalue weighted by atomic mass is 10.0. The smallest absolute Gasteiger partial charge is 0.0773 e. The minimum absolute atomic E-state index is 0.189. The quantitative estimate of drug-likeness (QED) is 0.673. The van der Waals surface area contributed by atoms with Gasteiger partial charge in [-0.2, -0.15) is 0 Å². The molecule has 4 nitrogen and oxygen atoms in total. The molecule has 0 spiro atoms. The van der Waals surface area contributed by atoms with Crippen molar-refractivity contribution in [1.82, 2.24) is 15.4 Å². The molecule has 0 radical (unpaired) electrons. The van der Waals surface area contributed by atoms with Crippen molar-refractivity contribution >= 4 is 23.2 Å². The number of hydrogen-bond donors (Lipinski definition) is 2. The third-order valence-corrected chi connectivity index (χ3v) is 3.54. The number of hydrogen-bond acceptors (Lipinski definition) is 4. The number of nitrogens with two attached hydrogens (primary N) is 1. The Kier molecular flexibility index (Phi) is 4.71. The molecule has 1 heterocycles. The van der Waals surface area contributed by atoms with E-state index in [-0.39, 0.29) is 6.04 Å². The predicted molar refractivity (Wildman–Crippen MR) is 77.0 cm³/mol. The maximum atomic E-state index is 6.15. The zero-order valence-electron chi connectivity index (χ0n) is 10.4. The van der Waals surface area contributed by atoms with Crippen molar-refractivity contribution in [2.24, 2.45) is 5.84 Å². The Labute approximate surface area is 121 Å². The van der Waals surface area contributed by atoms with Gasteiger partial charge in [-0.3, -0.25) is 21.2 Å². The van der Waals surface area contributed by atoms with E-state index < -0.39 is 0 Å². The maximum absolute atomic E-state index is 6.15. The second-order valence-corrected chi connectivity index (χ2v) is 5.02. The lowest BCUT2D eigenvalue weighted by molar-refractivity contribution is 0.536. The van der Waals surface area contributed by atoms with Gasteiger partial charge in [0.1, 0.15) is 0 Å². The molecule has 0 saturated carbocycles. The van der Waals surface area contributed by atoms with Crippen LogP contribution in [0.1, 0.15) is 23.0 Å². The molecule has 0 aliphatic carbocycles. The summed E-state index contributed by atoms with van der Waals surface area (Å²) in [6, 6.07) is 5.23. The minimum Gasteiger partial charge on any atom is -0.271 e. The normalized spacial score (nSPS) is 12.4. The van der Waals surface area contributed by atoms with Crippen LogP contribution in [0.3, 0.4) is 0 Å². The second-order valence-electron chi connectivity index (χ2n) is 4.21. The van der Waals surface area contributed by atoms with Gasteiger partial charge in [0.05, 0.1) is 23.6 Å². The van der Waals surface area contributed by atoms with Crippen LogP contribution in [0, 0.1) is 6.92 Å². The van der Waals surface area contributed by atoms with E-state index in [1.54, 1.807) is 24.5 Å². The molecule has 2 rings (SSSR count). The summed E-state index contributed by atoms with van der Waals surface area (Å²) in [7, 11) is 0. The van der Waals surface area contributed by atoms with Gasteiger partial charge < -0.3 is 0 Å². The van der Waals surface area contributed by atoms with Gasteiger partial charge in [0.25, 0.3) is 0 Å². The average Bonchev–Trinajstić information content (AvgIpc) is 2.40. The molecule has 0 saturated heterocycles. The van der Waals surface area contributed by atoms with Crippen molar-refractivity contribution in [2.75, 3.05) is 0 Å². The van der Waals surface area contributed by atoms with Crippen molar-refractivity contribution in [3.05, 3.63) is 57.6 Å². The molecule has 19 heavy (non-hydrogen) atoms. The zero-order valence-corrected chi connectivity index (χ0v) is 11.9. The first-order chi connectivity index (χ1) is 9.11. The van der Waals surface area contributed by atoms with Crippen LogP contribution < -0.4 is 11.3 Å². The molecular weight excluding hydrogens is 283 g/mol. The SMILES string of the molecule is Cc1cnc(C(Cc2c(Cl)cccc2Cl)NN)cn1. The van der Waals surface area contributed by atoms with E-state index in [0.717, 1.165) is 17.0 Å². The van der Waals surface area contributed by atoms with Gasteiger partial charge in [-0.15, -0.1) is 0 Å². The summed E-state index contributed by atoms with van der Waals surface area (Å²) in [5.74, 6) is 5.59. The summed E-state index contributed by atoms with van der Waals surface area (Å²) < 4.78 is 0. The standard InChI is InChI=1S/C13H14Cl2N4/c1-8-6-18-13(7-17-8)12(19-16)5-9-10(14)3-2-4-11(9)15/h2-4,6-7,12,19H,5,16H2,1H3. The van der Waals surface area contributed by atoms with E-state index in [4.69, 9.17) is 29.0 Å². The molecular formula is C13H14Cl2N4. The fourth-order valence-electron chi connectivity index (χ4n) is 1.76. The Morgan fingerprint density at radius 1 is 1.21 bits per heavy atom. The third kappa shape index (κ3) is 3.42. The Hall–Kier alpha value is -1.20. The topological polar surface area (TPSA) is 63.8 Å². The van der Waals surface area contributed by atoms with Crippen molar-refractivity contribution in [3.63, 3.8) is 0 Å². The van der Waals surface area contributed by atoms with Gasteiger partial charge >= 0.3 is 0 Å². The summed E-state index contributed by atoms with van der Waals surface area (Å²) in [6.45, 7) is 1.88. The molecule has 6 heteroatoms. The number of aryl methyl sites for hydroxylation is 1. The Balaban J connectivity index is 2.26. The number of aromatic nitrogens is 2. The van der Waals surface area contributed by atoms with E-state index >= 15 is 0 Å². The van der Waals surface area contributed by atoms with E-state index in [0.29, 0.717) is 16.5 Å². The molecule has 0 amide bonds. The van der Waals surface area contributed by atoms with Crippen molar-refractivity contribution in [2.45, 2.75) is 19.4 Å². The summed E-state index contributed by atoms with van der Waals surface area (Å²) in [6.07, 6.45) is 3.95. The molecule has 1 unspecified atom stereocenters. The number of nitrogens with zero attached hydrogens (tertiary/aromatic N) is 2. The molecule has 3 N–H and O–H groups in total.